The van der Waals surface area contributed by atoms with E-state index in [-0.39, 0.29) is 12.4 Å². The third kappa shape index (κ3) is 3.71. The van der Waals surface area contributed by atoms with Crippen LogP contribution in [0, 0.1) is 11.3 Å². The first-order valence-corrected chi connectivity index (χ1v) is 10.4. The molecule has 7 nitrogen and oxygen atoms in total. The third-order valence-corrected chi connectivity index (χ3v) is 5.21. The smallest absolute Gasteiger partial charge is 0.258 e. The predicted molar refractivity (Wildman–Crippen MR) is 118 cm³/mol. The van der Waals surface area contributed by atoms with Crippen molar-refractivity contribution in [3.8, 4) is 34.7 Å². The number of hydrogen-bond acceptors (Lipinski definition) is 7. The van der Waals surface area contributed by atoms with Crippen molar-refractivity contribution < 1.29 is 18.7 Å². The molecular weight excluding hydrogens is 406 g/mol. The topological polar surface area (TPSA) is 90.4 Å². The average Bonchev–Trinajstić information content (AvgIpc) is 3.51. The Morgan fingerprint density at radius 3 is 2.56 bits per heavy atom. The lowest BCUT2D eigenvalue weighted by Gasteiger charge is -2.14. The molecule has 5 rings (SSSR count). The zero-order chi connectivity index (χ0) is 22.1. The van der Waals surface area contributed by atoms with E-state index in [9.17, 15) is 5.26 Å². The molecule has 0 unspecified atom stereocenters. The van der Waals surface area contributed by atoms with E-state index < -0.39 is 0 Å². The summed E-state index contributed by atoms with van der Waals surface area (Å²) in [6.45, 7) is 5.00. The van der Waals surface area contributed by atoms with Crippen LogP contribution in [0.2, 0.25) is 0 Å². The van der Waals surface area contributed by atoms with Gasteiger partial charge < -0.3 is 18.7 Å². The molecule has 0 radical (unpaired) electrons. The maximum absolute atomic E-state index is 9.51. The van der Waals surface area contributed by atoms with Crippen LogP contribution in [0.5, 0.6) is 5.75 Å². The lowest BCUT2D eigenvalue weighted by molar-refractivity contribution is -0.0429. The molecule has 1 fully saturated rings. The van der Waals surface area contributed by atoms with Crippen LogP contribution in [0.4, 0.5) is 0 Å². The molecular formula is C25H21N3O4. The molecule has 7 heteroatoms. The number of fused-ring (bicyclic) bond motifs is 1. The normalized spacial score (nSPS) is 14.2. The van der Waals surface area contributed by atoms with E-state index in [1.165, 1.54) is 0 Å². The zero-order valence-corrected chi connectivity index (χ0v) is 17.7. The minimum atomic E-state index is -0.372. The van der Waals surface area contributed by atoms with Crippen molar-refractivity contribution in [1.29, 1.82) is 5.26 Å². The Morgan fingerprint density at radius 2 is 1.81 bits per heavy atom. The van der Waals surface area contributed by atoms with Crippen LogP contribution in [0.3, 0.4) is 0 Å². The van der Waals surface area contributed by atoms with Crippen LogP contribution < -0.4 is 4.74 Å². The van der Waals surface area contributed by atoms with E-state index in [1.807, 2.05) is 56.3 Å². The van der Waals surface area contributed by atoms with Crippen LogP contribution in [-0.2, 0) is 9.47 Å². The van der Waals surface area contributed by atoms with Gasteiger partial charge in [0.2, 0.25) is 5.82 Å². The highest BCUT2D eigenvalue weighted by Crippen LogP contribution is 2.36. The molecule has 160 valence electrons. The van der Waals surface area contributed by atoms with Crippen molar-refractivity contribution in [2.45, 2.75) is 26.2 Å². The Morgan fingerprint density at radius 1 is 1.03 bits per heavy atom. The van der Waals surface area contributed by atoms with Crippen molar-refractivity contribution >= 4 is 10.8 Å². The first-order valence-electron chi connectivity index (χ1n) is 10.4. The minimum absolute atomic E-state index is 0.0268. The molecule has 0 atom stereocenters. The van der Waals surface area contributed by atoms with Gasteiger partial charge in [-0.3, -0.25) is 0 Å². The van der Waals surface area contributed by atoms with Gasteiger partial charge >= 0.3 is 0 Å². The van der Waals surface area contributed by atoms with Gasteiger partial charge in [-0.1, -0.05) is 35.5 Å². The molecule has 1 aromatic heterocycles. The Hall–Kier alpha value is -3.73. The van der Waals surface area contributed by atoms with Crippen LogP contribution >= 0.6 is 0 Å². The highest BCUT2D eigenvalue weighted by atomic mass is 16.7. The molecule has 0 aliphatic carbocycles. The Labute approximate surface area is 185 Å². The Bertz CT molecular complexity index is 1320. The van der Waals surface area contributed by atoms with Gasteiger partial charge in [-0.15, -0.1) is 0 Å². The van der Waals surface area contributed by atoms with Crippen LogP contribution in [0.25, 0.3) is 33.6 Å². The summed E-state index contributed by atoms with van der Waals surface area (Å²) >= 11 is 0. The van der Waals surface area contributed by atoms with Gasteiger partial charge in [-0.25, -0.2) is 0 Å². The second-order valence-electron chi connectivity index (χ2n) is 7.73. The summed E-state index contributed by atoms with van der Waals surface area (Å²) in [5, 5.41) is 15.6. The molecule has 1 aliphatic rings. The summed E-state index contributed by atoms with van der Waals surface area (Å²) in [6, 6.07) is 19.4. The van der Waals surface area contributed by atoms with Gasteiger partial charge in [0.05, 0.1) is 24.9 Å². The van der Waals surface area contributed by atoms with Crippen molar-refractivity contribution in [2.75, 3.05) is 13.2 Å². The van der Waals surface area contributed by atoms with Crippen molar-refractivity contribution in [3.63, 3.8) is 0 Å². The number of benzene rings is 3. The van der Waals surface area contributed by atoms with Crippen LogP contribution in [0.1, 0.15) is 31.3 Å². The molecule has 0 bridgehead atoms. The summed E-state index contributed by atoms with van der Waals surface area (Å²) in [7, 11) is 0. The summed E-state index contributed by atoms with van der Waals surface area (Å²) in [4.78, 5) is 4.60. The largest absolute Gasteiger partial charge is 0.490 e. The second kappa shape index (κ2) is 8.42. The summed E-state index contributed by atoms with van der Waals surface area (Å²) in [5.41, 5.74) is 2.90. The summed E-state index contributed by atoms with van der Waals surface area (Å²) < 4.78 is 22.7. The third-order valence-electron chi connectivity index (χ3n) is 5.21. The molecule has 2 heterocycles. The van der Waals surface area contributed by atoms with E-state index in [2.05, 4.69) is 16.2 Å². The van der Waals surface area contributed by atoms with Gasteiger partial charge in [-0.2, -0.15) is 10.2 Å². The molecule has 1 aliphatic heterocycles. The first kappa shape index (κ1) is 20.2. The number of hydrogen-bond donors (Lipinski definition) is 0. The summed E-state index contributed by atoms with van der Waals surface area (Å²) in [5.74, 6) is 1.34. The maximum atomic E-state index is 9.51. The van der Waals surface area contributed by atoms with Gasteiger partial charge in [0.15, 0.2) is 6.29 Å². The SMILES string of the molecule is CC(C)Oc1ccc(-c2noc(-c3ccc(C4OCCO4)c4ccccc34)n2)cc1C#N. The molecule has 0 spiro atoms. The van der Waals surface area contributed by atoms with Crippen molar-refractivity contribution in [3.05, 3.63) is 65.7 Å². The first-order chi connectivity index (χ1) is 15.6. The van der Waals surface area contributed by atoms with Gasteiger partial charge in [0.25, 0.3) is 5.89 Å². The average molecular weight is 427 g/mol. The predicted octanol–water partition coefficient (Wildman–Crippen LogP) is 5.26. The number of ether oxygens (including phenoxy) is 3. The molecule has 0 amide bonds. The van der Waals surface area contributed by atoms with E-state index in [0.29, 0.717) is 41.8 Å². The standard InChI is InChI=1S/C25H21N3O4/c1-15(2)31-22-10-7-16(13-17(22)14-26)23-27-24(32-28-23)20-8-9-21(25-29-11-12-30-25)19-6-4-3-5-18(19)20/h3-10,13,15,25H,11-12H2,1-2H3. The van der Waals surface area contributed by atoms with Crippen molar-refractivity contribution in [2.24, 2.45) is 0 Å². The molecule has 4 aromatic rings. The number of nitrogens with zero attached hydrogens (tertiary/aromatic N) is 3. The number of nitriles is 1. The fourth-order valence-electron chi connectivity index (χ4n) is 3.82. The fourth-order valence-corrected chi connectivity index (χ4v) is 3.82. The maximum Gasteiger partial charge on any atom is 0.258 e. The fraction of sp³-hybridized carbons (Fsp3) is 0.240. The van der Waals surface area contributed by atoms with Gasteiger partial charge in [0.1, 0.15) is 11.8 Å². The highest BCUT2D eigenvalue weighted by molar-refractivity contribution is 5.97. The number of aromatic nitrogens is 2. The molecule has 32 heavy (non-hydrogen) atoms. The van der Waals surface area contributed by atoms with E-state index in [0.717, 1.165) is 21.9 Å². The van der Waals surface area contributed by atoms with E-state index >= 15 is 0 Å². The van der Waals surface area contributed by atoms with Crippen LogP contribution in [-0.4, -0.2) is 29.5 Å². The van der Waals surface area contributed by atoms with Gasteiger partial charge in [-0.05, 0) is 48.9 Å². The summed E-state index contributed by atoms with van der Waals surface area (Å²) in [6.07, 6.45) is -0.399. The Kier molecular flexibility index (Phi) is 5.31. The van der Waals surface area contributed by atoms with Gasteiger partial charge in [0, 0.05) is 16.7 Å². The minimum Gasteiger partial charge on any atom is -0.490 e. The van der Waals surface area contributed by atoms with E-state index in [4.69, 9.17) is 18.7 Å². The lowest BCUT2D eigenvalue weighted by atomic mass is 9.99. The second-order valence-corrected chi connectivity index (χ2v) is 7.73. The lowest BCUT2D eigenvalue weighted by Crippen LogP contribution is -2.06. The molecule has 1 saturated heterocycles. The van der Waals surface area contributed by atoms with Crippen molar-refractivity contribution in [1.82, 2.24) is 10.1 Å². The number of rotatable bonds is 5. The highest BCUT2D eigenvalue weighted by Gasteiger charge is 2.23. The molecule has 0 N–H and O–H groups in total. The monoisotopic (exact) mass is 427 g/mol. The zero-order valence-electron chi connectivity index (χ0n) is 17.7. The quantitative estimate of drug-likeness (QED) is 0.429. The Balaban J connectivity index is 1.53. The molecule has 0 saturated carbocycles. The van der Waals surface area contributed by atoms with E-state index in [1.54, 1.807) is 12.1 Å². The molecule has 3 aromatic carbocycles. The van der Waals surface area contributed by atoms with Crippen LogP contribution in [0.15, 0.2) is 59.1 Å².